The average molecular weight is 250 g/mol. The highest BCUT2D eigenvalue weighted by Crippen LogP contribution is 2.37. The van der Waals surface area contributed by atoms with Crippen molar-refractivity contribution in [1.82, 2.24) is 0 Å². The number of quaternary nitrogens is 1. The summed E-state index contributed by atoms with van der Waals surface area (Å²) in [7, 11) is 0. The molecule has 0 radical (unpaired) electrons. The molecule has 0 amide bonds. The summed E-state index contributed by atoms with van der Waals surface area (Å²) in [6, 6.07) is 3.59. The van der Waals surface area contributed by atoms with Gasteiger partial charge in [-0.15, -0.1) is 0 Å². The lowest BCUT2D eigenvalue weighted by Gasteiger charge is -2.28. The molecule has 4 nitrogen and oxygen atoms in total. The number of rotatable bonds is 2. The number of piperidine rings is 1. The Balaban J connectivity index is 1.76. The first-order valence-electron chi connectivity index (χ1n) is 6.67. The molecular formula is C14H20NO3+. The second kappa shape index (κ2) is 4.69. The van der Waals surface area contributed by atoms with Crippen molar-refractivity contribution in [2.45, 2.75) is 26.3 Å². The Kier molecular flexibility index (Phi) is 3.04. The molecule has 0 aliphatic carbocycles. The number of ether oxygens (including phenoxy) is 2. The van der Waals surface area contributed by atoms with Crippen LogP contribution in [0.4, 0.5) is 0 Å². The molecule has 98 valence electrons. The number of phenolic OH excluding ortho intramolecular Hbond substituents is 1. The number of fused-ring (bicyclic) bond motifs is 1. The first kappa shape index (κ1) is 11.7. The van der Waals surface area contributed by atoms with Gasteiger partial charge in [0, 0.05) is 12.0 Å². The Morgan fingerprint density at radius 2 is 2.11 bits per heavy atom. The van der Waals surface area contributed by atoms with E-state index >= 15 is 0 Å². The first-order valence-corrected chi connectivity index (χ1v) is 6.67. The van der Waals surface area contributed by atoms with Crippen LogP contribution in [0.3, 0.4) is 0 Å². The maximum atomic E-state index is 10.0. The van der Waals surface area contributed by atoms with Gasteiger partial charge >= 0.3 is 0 Å². The molecule has 1 aromatic rings. The van der Waals surface area contributed by atoms with Crippen LogP contribution in [0.5, 0.6) is 17.2 Å². The maximum absolute atomic E-state index is 10.0. The molecule has 1 fully saturated rings. The van der Waals surface area contributed by atoms with Crippen molar-refractivity contribution < 1.29 is 19.5 Å². The van der Waals surface area contributed by atoms with Crippen LogP contribution in [0.1, 0.15) is 25.3 Å². The second-order valence-electron chi connectivity index (χ2n) is 5.46. The highest BCUT2D eigenvalue weighted by molar-refractivity contribution is 5.50. The highest BCUT2D eigenvalue weighted by Gasteiger charge is 2.23. The molecule has 0 bridgehead atoms. The van der Waals surface area contributed by atoms with Crippen molar-refractivity contribution >= 4 is 0 Å². The Bertz CT molecular complexity index is 447. The topological polar surface area (TPSA) is 43.1 Å². The fourth-order valence-corrected chi connectivity index (χ4v) is 2.94. The average Bonchev–Trinajstić information content (AvgIpc) is 2.76. The van der Waals surface area contributed by atoms with E-state index in [9.17, 15) is 5.11 Å². The first-order chi connectivity index (χ1) is 8.72. The molecule has 2 N–H and O–H groups in total. The molecule has 18 heavy (non-hydrogen) atoms. The van der Waals surface area contributed by atoms with E-state index in [1.807, 2.05) is 6.07 Å². The van der Waals surface area contributed by atoms with Crippen molar-refractivity contribution in [1.29, 1.82) is 0 Å². The predicted octanol–water partition coefficient (Wildman–Crippen LogP) is 0.936. The molecular weight excluding hydrogens is 230 g/mol. The Labute approximate surface area is 107 Å². The van der Waals surface area contributed by atoms with Gasteiger partial charge in [0.15, 0.2) is 11.5 Å². The van der Waals surface area contributed by atoms with Crippen LogP contribution in [0.2, 0.25) is 0 Å². The normalized spacial score (nSPS) is 26.3. The van der Waals surface area contributed by atoms with Crippen LogP contribution in [-0.4, -0.2) is 25.0 Å². The lowest BCUT2D eigenvalue weighted by atomic mass is 9.99. The molecule has 2 aliphatic rings. The highest BCUT2D eigenvalue weighted by atomic mass is 16.7. The van der Waals surface area contributed by atoms with Gasteiger partial charge in [-0.2, -0.15) is 0 Å². The van der Waals surface area contributed by atoms with Crippen LogP contribution < -0.4 is 14.4 Å². The molecule has 1 unspecified atom stereocenters. The van der Waals surface area contributed by atoms with E-state index in [2.05, 4.69) is 6.92 Å². The summed E-state index contributed by atoms with van der Waals surface area (Å²) >= 11 is 0. The smallest absolute Gasteiger partial charge is 0.231 e. The number of nitrogens with one attached hydrogen (secondary N) is 1. The van der Waals surface area contributed by atoms with Crippen molar-refractivity contribution in [3.8, 4) is 17.2 Å². The minimum absolute atomic E-state index is 0.256. The summed E-state index contributed by atoms with van der Waals surface area (Å²) in [6.07, 6.45) is 2.61. The van der Waals surface area contributed by atoms with Crippen molar-refractivity contribution in [2.24, 2.45) is 5.92 Å². The summed E-state index contributed by atoms with van der Waals surface area (Å²) < 4.78 is 10.6. The minimum Gasteiger partial charge on any atom is -0.507 e. The zero-order valence-electron chi connectivity index (χ0n) is 10.7. The third-order valence-corrected chi connectivity index (χ3v) is 3.88. The maximum Gasteiger partial charge on any atom is 0.231 e. The molecule has 0 saturated carbocycles. The predicted molar refractivity (Wildman–Crippen MR) is 67.0 cm³/mol. The minimum atomic E-state index is 0.256. The van der Waals surface area contributed by atoms with Crippen LogP contribution in [0.15, 0.2) is 12.1 Å². The van der Waals surface area contributed by atoms with Gasteiger partial charge < -0.3 is 19.5 Å². The third kappa shape index (κ3) is 2.25. The standard InChI is InChI=1S/C14H19NO3/c1-10-3-2-4-15(7-10)8-11-5-13-14(6-12(11)16)18-9-17-13/h5-6,10,16H,2-4,7-9H2,1H3/p+1/t10-/m0/s1. The van der Waals surface area contributed by atoms with E-state index < -0.39 is 0 Å². The van der Waals surface area contributed by atoms with E-state index in [1.54, 1.807) is 11.0 Å². The van der Waals surface area contributed by atoms with Crippen molar-refractivity contribution in [2.75, 3.05) is 19.9 Å². The molecule has 1 saturated heterocycles. The molecule has 3 rings (SSSR count). The number of hydrogen-bond donors (Lipinski definition) is 2. The van der Waals surface area contributed by atoms with Crippen molar-refractivity contribution in [3.05, 3.63) is 17.7 Å². The molecule has 2 aliphatic heterocycles. The van der Waals surface area contributed by atoms with Gasteiger partial charge in [0.25, 0.3) is 0 Å². The van der Waals surface area contributed by atoms with E-state index in [0.29, 0.717) is 11.5 Å². The lowest BCUT2D eigenvalue weighted by molar-refractivity contribution is -0.922. The van der Waals surface area contributed by atoms with Gasteiger partial charge in [0.1, 0.15) is 12.3 Å². The third-order valence-electron chi connectivity index (χ3n) is 3.88. The van der Waals surface area contributed by atoms with Gasteiger partial charge in [-0.25, -0.2) is 0 Å². The molecule has 1 aromatic carbocycles. The zero-order chi connectivity index (χ0) is 12.5. The largest absolute Gasteiger partial charge is 0.507 e. The van der Waals surface area contributed by atoms with Gasteiger partial charge in [0.05, 0.1) is 18.7 Å². The van der Waals surface area contributed by atoms with Crippen LogP contribution >= 0.6 is 0 Å². The SMILES string of the molecule is C[C@H]1CCC[NH+](Cc2cc3c(cc2O)OCO3)C1. The lowest BCUT2D eigenvalue weighted by Crippen LogP contribution is -3.12. The molecule has 2 heterocycles. The number of likely N-dealkylation sites (tertiary alicyclic amines) is 1. The van der Waals surface area contributed by atoms with E-state index in [1.165, 1.54) is 25.9 Å². The van der Waals surface area contributed by atoms with Gasteiger partial charge in [-0.1, -0.05) is 6.92 Å². The summed E-state index contributed by atoms with van der Waals surface area (Å²) in [6.45, 7) is 5.81. The Morgan fingerprint density at radius 1 is 1.33 bits per heavy atom. The number of hydrogen-bond acceptors (Lipinski definition) is 3. The van der Waals surface area contributed by atoms with Gasteiger partial charge in [-0.05, 0) is 18.9 Å². The molecule has 0 aromatic heterocycles. The Hall–Kier alpha value is -1.42. The van der Waals surface area contributed by atoms with Crippen LogP contribution in [-0.2, 0) is 6.54 Å². The molecule has 4 heteroatoms. The second-order valence-corrected chi connectivity index (χ2v) is 5.46. The van der Waals surface area contributed by atoms with E-state index in [0.717, 1.165) is 23.8 Å². The fourth-order valence-electron chi connectivity index (χ4n) is 2.94. The summed E-state index contributed by atoms with van der Waals surface area (Å²) in [5.74, 6) is 2.51. The Morgan fingerprint density at radius 3 is 2.89 bits per heavy atom. The zero-order valence-corrected chi connectivity index (χ0v) is 10.7. The summed E-state index contributed by atoms with van der Waals surface area (Å²) in [5, 5.41) is 10.0. The monoisotopic (exact) mass is 250 g/mol. The van der Waals surface area contributed by atoms with E-state index in [4.69, 9.17) is 9.47 Å². The van der Waals surface area contributed by atoms with Crippen LogP contribution in [0, 0.1) is 5.92 Å². The molecule has 2 atom stereocenters. The number of aromatic hydroxyl groups is 1. The molecule has 0 spiro atoms. The number of phenols is 1. The summed E-state index contributed by atoms with van der Waals surface area (Å²) in [4.78, 5) is 1.54. The van der Waals surface area contributed by atoms with Crippen LogP contribution in [0.25, 0.3) is 0 Å². The van der Waals surface area contributed by atoms with Gasteiger partial charge in [0.2, 0.25) is 6.79 Å². The summed E-state index contributed by atoms with van der Waals surface area (Å²) in [5.41, 5.74) is 0.961. The van der Waals surface area contributed by atoms with Crippen molar-refractivity contribution in [3.63, 3.8) is 0 Å². The number of benzene rings is 1. The van der Waals surface area contributed by atoms with E-state index in [-0.39, 0.29) is 6.79 Å². The quantitative estimate of drug-likeness (QED) is 0.821. The fraction of sp³-hybridized carbons (Fsp3) is 0.571. The van der Waals surface area contributed by atoms with Gasteiger partial charge in [-0.3, -0.25) is 0 Å².